The van der Waals surface area contributed by atoms with E-state index in [4.69, 9.17) is 4.74 Å². The van der Waals surface area contributed by atoms with E-state index in [2.05, 4.69) is 36.8 Å². The van der Waals surface area contributed by atoms with Crippen molar-refractivity contribution < 1.29 is 9.53 Å². The van der Waals surface area contributed by atoms with Crippen molar-refractivity contribution in [2.45, 2.75) is 31.9 Å². The van der Waals surface area contributed by atoms with Crippen LogP contribution in [0.5, 0.6) is 0 Å². The van der Waals surface area contributed by atoms with E-state index in [9.17, 15) is 4.79 Å². The monoisotopic (exact) mass is 365 g/mol. The van der Waals surface area contributed by atoms with Gasteiger partial charge in [0.05, 0.1) is 11.7 Å². The molecule has 0 radical (unpaired) electrons. The number of tetrazole rings is 1. The lowest BCUT2D eigenvalue weighted by Crippen LogP contribution is -2.36. The number of ether oxygens (including phenoxy) is 1. The number of rotatable bonds is 4. The summed E-state index contributed by atoms with van der Waals surface area (Å²) in [5.74, 6) is 0.457. The molecule has 2 unspecified atom stereocenters. The highest BCUT2D eigenvalue weighted by molar-refractivity contribution is 9.10. The average molecular weight is 366 g/mol. The summed E-state index contributed by atoms with van der Waals surface area (Å²) < 4.78 is 7.94. The van der Waals surface area contributed by atoms with E-state index in [1.54, 1.807) is 4.68 Å². The fraction of sp³-hybridized carbons (Fsp3) is 0.429. The zero-order valence-corrected chi connectivity index (χ0v) is 13.7. The Bertz CT molecular complexity index is 669. The topological polar surface area (TPSA) is 81.9 Å². The second-order valence-corrected chi connectivity index (χ2v) is 6.08. The average Bonchev–Trinajstić information content (AvgIpc) is 3.18. The van der Waals surface area contributed by atoms with Crippen LogP contribution in [0.25, 0.3) is 5.69 Å². The zero-order chi connectivity index (χ0) is 15.5. The molecule has 22 heavy (non-hydrogen) atoms. The molecule has 0 aliphatic carbocycles. The minimum atomic E-state index is -0.363. The number of amides is 1. The van der Waals surface area contributed by atoms with Gasteiger partial charge in [-0.25, -0.2) is 0 Å². The Kier molecular flexibility index (Phi) is 4.49. The van der Waals surface area contributed by atoms with Crippen LogP contribution in [-0.4, -0.2) is 38.8 Å². The SMILES string of the molecule is CC(NC(=O)C1CCCO1)c1nnnn1-c1cccc(Br)c1. The van der Waals surface area contributed by atoms with Crippen LogP contribution in [0, 0.1) is 0 Å². The molecule has 1 fully saturated rings. The third-order valence-corrected chi connectivity index (χ3v) is 4.01. The summed E-state index contributed by atoms with van der Waals surface area (Å²) in [5.41, 5.74) is 0.826. The molecule has 1 N–H and O–H groups in total. The van der Waals surface area contributed by atoms with E-state index < -0.39 is 0 Å². The maximum atomic E-state index is 12.1. The minimum Gasteiger partial charge on any atom is -0.368 e. The molecule has 0 spiro atoms. The van der Waals surface area contributed by atoms with Crippen LogP contribution in [-0.2, 0) is 9.53 Å². The molecule has 116 valence electrons. The van der Waals surface area contributed by atoms with Crippen molar-refractivity contribution in [3.8, 4) is 5.69 Å². The Hall–Kier alpha value is -1.80. The standard InChI is InChI=1S/C14H16BrN5O2/c1-9(16-14(21)12-6-3-7-22-12)13-17-18-19-20(13)11-5-2-4-10(15)8-11/h2,4-5,8-9,12H,3,6-7H2,1H3,(H,16,21). The summed E-state index contributed by atoms with van der Waals surface area (Å²) in [4.78, 5) is 12.1. The van der Waals surface area contributed by atoms with Gasteiger partial charge >= 0.3 is 0 Å². The van der Waals surface area contributed by atoms with Crippen LogP contribution in [0.3, 0.4) is 0 Å². The summed E-state index contributed by atoms with van der Waals surface area (Å²) >= 11 is 3.43. The van der Waals surface area contributed by atoms with Crippen LogP contribution >= 0.6 is 15.9 Å². The molecule has 1 aromatic heterocycles. The summed E-state index contributed by atoms with van der Waals surface area (Å²) in [6.45, 7) is 2.50. The van der Waals surface area contributed by atoms with E-state index in [0.717, 1.165) is 23.0 Å². The quantitative estimate of drug-likeness (QED) is 0.892. The number of carbonyl (C=O) groups excluding carboxylic acids is 1. The Labute approximate surface area is 136 Å². The van der Waals surface area contributed by atoms with Crippen molar-refractivity contribution in [1.82, 2.24) is 25.5 Å². The zero-order valence-electron chi connectivity index (χ0n) is 12.1. The van der Waals surface area contributed by atoms with E-state index in [1.807, 2.05) is 31.2 Å². The van der Waals surface area contributed by atoms with Gasteiger partial charge < -0.3 is 10.1 Å². The van der Waals surface area contributed by atoms with Crippen LogP contribution < -0.4 is 5.32 Å². The second-order valence-electron chi connectivity index (χ2n) is 5.16. The number of nitrogens with zero attached hydrogens (tertiary/aromatic N) is 4. The Balaban J connectivity index is 1.77. The fourth-order valence-electron chi connectivity index (χ4n) is 2.41. The van der Waals surface area contributed by atoms with Crippen molar-refractivity contribution in [3.05, 3.63) is 34.6 Å². The van der Waals surface area contributed by atoms with Gasteiger partial charge in [0, 0.05) is 11.1 Å². The third-order valence-electron chi connectivity index (χ3n) is 3.51. The highest BCUT2D eigenvalue weighted by atomic mass is 79.9. The minimum absolute atomic E-state index is 0.117. The third kappa shape index (κ3) is 3.17. The van der Waals surface area contributed by atoms with E-state index in [-0.39, 0.29) is 18.1 Å². The number of hydrogen-bond donors (Lipinski definition) is 1. The van der Waals surface area contributed by atoms with E-state index >= 15 is 0 Å². The maximum absolute atomic E-state index is 12.1. The molecular weight excluding hydrogens is 350 g/mol. The number of halogens is 1. The Morgan fingerprint density at radius 1 is 1.55 bits per heavy atom. The van der Waals surface area contributed by atoms with Gasteiger partial charge in [-0.05, 0) is 48.4 Å². The van der Waals surface area contributed by atoms with E-state index in [0.29, 0.717) is 12.4 Å². The molecular formula is C14H16BrN5O2. The van der Waals surface area contributed by atoms with Crippen molar-refractivity contribution in [2.24, 2.45) is 0 Å². The molecule has 2 heterocycles. The molecule has 7 nitrogen and oxygen atoms in total. The lowest BCUT2D eigenvalue weighted by molar-refractivity contribution is -0.130. The first-order valence-corrected chi connectivity index (χ1v) is 7.90. The number of benzene rings is 1. The summed E-state index contributed by atoms with van der Waals surface area (Å²) in [6.07, 6.45) is 1.31. The smallest absolute Gasteiger partial charge is 0.249 e. The van der Waals surface area contributed by atoms with Crippen molar-refractivity contribution in [3.63, 3.8) is 0 Å². The molecule has 2 atom stereocenters. The van der Waals surface area contributed by atoms with Crippen molar-refractivity contribution in [1.29, 1.82) is 0 Å². The first-order valence-electron chi connectivity index (χ1n) is 7.11. The molecule has 1 aromatic carbocycles. The number of hydrogen-bond acceptors (Lipinski definition) is 5. The molecule has 2 aromatic rings. The van der Waals surface area contributed by atoms with Gasteiger partial charge in [0.25, 0.3) is 0 Å². The maximum Gasteiger partial charge on any atom is 0.249 e. The summed E-state index contributed by atoms with van der Waals surface area (Å²) in [5, 5.41) is 14.7. The van der Waals surface area contributed by atoms with E-state index in [1.165, 1.54) is 0 Å². The molecule has 8 heteroatoms. The molecule has 1 amide bonds. The van der Waals surface area contributed by atoms with Crippen molar-refractivity contribution >= 4 is 21.8 Å². The predicted octanol–water partition coefficient (Wildman–Crippen LogP) is 1.78. The first-order chi connectivity index (χ1) is 10.6. The summed E-state index contributed by atoms with van der Waals surface area (Å²) in [6, 6.07) is 7.33. The van der Waals surface area contributed by atoms with Gasteiger partial charge in [0.15, 0.2) is 5.82 Å². The van der Waals surface area contributed by atoms with Gasteiger partial charge in [-0.15, -0.1) is 5.10 Å². The second kappa shape index (κ2) is 6.53. The van der Waals surface area contributed by atoms with Crippen LogP contribution in [0.15, 0.2) is 28.7 Å². The molecule has 1 aliphatic rings. The molecule has 0 saturated carbocycles. The molecule has 3 rings (SSSR count). The molecule has 1 aliphatic heterocycles. The number of nitrogens with one attached hydrogen (secondary N) is 1. The molecule has 1 saturated heterocycles. The molecule has 0 bridgehead atoms. The van der Waals surface area contributed by atoms with Crippen molar-refractivity contribution in [2.75, 3.05) is 6.61 Å². The lowest BCUT2D eigenvalue weighted by atomic mass is 10.2. The Morgan fingerprint density at radius 2 is 2.41 bits per heavy atom. The van der Waals surface area contributed by atoms with Gasteiger partial charge in [0.1, 0.15) is 6.10 Å². The fourth-order valence-corrected chi connectivity index (χ4v) is 2.80. The van der Waals surface area contributed by atoms with Gasteiger partial charge in [-0.3, -0.25) is 4.79 Å². The largest absolute Gasteiger partial charge is 0.368 e. The van der Waals surface area contributed by atoms with Crippen LogP contribution in [0.1, 0.15) is 31.6 Å². The van der Waals surface area contributed by atoms with Gasteiger partial charge in [-0.1, -0.05) is 22.0 Å². The van der Waals surface area contributed by atoms with Crippen LogP contribution in [0.2, 0.25) is 0 Å². The highest BCUT2D eigenvalue weighted by Crippen LogP contribution is 2.19. The number of carbonyl (C=O) groups is 1. The summed E-state index contributed by atoms with van der Waals surface area (Å²) in [7, 11) is 0. The first kappa shape index (κ1) is 15.1. The van der Waals surface area contributed by atoms with Crippen LogP contribution in [0.4, 0.5) is 0 Å². The normalized spacial score (nSPS) is 19.1. The highest BCUT2D eigenvalue weighted by Gasteiger charge is 2.26. The van der Waals surface area contributed by atoms with Gasteiger partial charge in [0.2, 0.25) is 5.91 Å². The number of aromatic nitrogens is 4. The van der Waals surface area contributed by atoms with Gasteiger partial charge in [-0.2, -0.15) is 4.68 Å². The lowest BCUT2D eigenvalue weighted by Gasteiger charge is -2.16. The predicted molar refractivity (Wildman–Crippen MR) is 82.4 cm³/mol. The Morgan fingerprint density at radius 3 is 3.14 bits per heavy atom.